The van der Waals surface area contributed by atoms with Crippen LogP contribution in [0.15, 0.2) is 57.0 Å². The van der Waals surface area contributed by atoms with E-state index in [9.17, 15) is 9.59 Å². The zero-order valence-corrected chi connectivity index (χ0v) is 12.0. The fraction of sp³-hybridized carbons (Fsp3) is 0. The number of furan rings is 1. The van der Waals surface area contributed by atoms with Crippen LogP contribution in [0.5, 0.6) is 0 Å². The number of nitrogens with zero attached hydrogens (tertiary/aromatic N) is 1. The molecule has 0 unspecified atom stereocenters. The monoisotopic (exact) mass is 314 g/mol. The zero-order valence-electron chi connectivity index (χ0n) is 11.1. The van der Waals surface area contributed by atoms with E-state index in [1.54, 1.807) is 36.6 Å². The van der Waals surface area contributed by atoms with Crippen LogP contribution in [-0.4, -0.2) is 22.2 Å². The second-order valence-corrected chi connectivity index (χ2v) is 5.37. The molecule has 3 rings (SSSR count). The van der Waals surface area contributed by atoms with Crippen LogP contribution in [0, 0.1) is 0 Å². The standard InChI is InChI=1S/C15H10N2O4S/c18-14(19)9-3-5-10(6-4-9)16-13-12(22-15(20)17-13)8-11-2-1-7-21-11/h1-8H,(H,18,19)(H,16,17,20)/b12-8-. The van der Waals surface area contributed by atoms with Crippen molar-refractivity contribution >= 4 is 40.6 Å². The number of aliphatic imine (C=N–C) groups is 1. The third-order valence-corrected chi connectivity index (χ3v) is 3.65. The number of benzene rings is 1. The molecule has 7 heteroatoms. The number of rotatable bonds is 3. The molecule has 0 spiro atoms. The lowest BCUT2D eigenvalue weighted by molar-refractivity contribution is 0.0697. The summed E-state index contributed by atoms with van der Waals surface area (Å²) in [6.07, 6.45) is 3.26. The van der Waals surface area contributed by atoms with Gasteiger partial charge in [0.2, 0.25) is 0 Å². The molecule has 1 aliphatic heterocycles. The van der Waals surface area contributed by atoms with Gasteiger partial charge in [-0.2, -0.15) is 0 Å². The molecule has 110 valence electrons. The van der Waals surface area contributed by atoms with Crippen molar-refractivity contribution in [3.8, 4) is 0 Å². The quantitative estimate of drug-likeness (QED) is 0.904. The summed E-state index contributed by atoms with van der Waals surface area (Å²) in [6, 6.07) is 9.60. The minimum Gasteiger partial charge on any atom is -0.478 e. The minimum absolute atomic E-state index is 0.181. The van der Waals surface area contributed by atoms with E-state index in [0.29, 0.717) is 22.2 Å². The van der Waals surface area contributed by atoms with E-state index in [2.05, 4.69) is 10.3 Å². The van der Waals surface area contributed by atoms with E-state index >= 15 is 0 Å². The van der Waals surface area contributed by atoms with Crippen molar-refractivity contribution in [3.05, 3.63) is 58.9 Å². The molecule has 1 fully saturated rings. The molecule has 0 bridgehead atoms. The summed E-state index contributed by atoms with van der Waals surface area (Å²) in [5.74, 6) is 0.0322. The Hall–Kier alpha value is -2.80. The van der Waals surface area contributed by atoms with Crippen LogP contribution in [0.2, 0.25) is 0 Å². The Kier molecular flexibility index (Phi) is 3.80. The van der Waals surface area contributed by atoms with E-state index in [1.807, 2.05) is 0 Å². The molecule has 2 aromatic rings. The summed E-state index contributed by atoms with van der Waals surface area (Å²) in [5, 5.41) is 11.3. The third kappa shape index (κ3) is 3.09. The predicted molar refractivity (Wildman–Crippen MR) is 83.3 cm³/mol. The van der Waals surface area contributed by atoms with Gasteiger partial charge in [-0.15, -0.1) is 0 Å². The summed E-state index contributed by atoms with van der Waals surface area (Å²) in [6.45, 7) is 0. The van der Waals surface area contributed by atoms with Gasteiger partial charge >= 0.3 is 5.97 Å². The van der Waals surface area contributed by atoms with E-state index in [0.717, 1.165) is 11.8 Å². The first kappa shape index (κ1) is 14.2. The summed E-state index contributed by atoms with van der Waals surface area (Å²) in [4.78, 5) is 27.3. The van der Waals surface area contributed by atoms with Crippen LogP contribution in [0.4, 0.5) is 10.5 Å². The van der Waals surface area contributed by atoms with Crippen LogP contribution in [0.25, 0.3) is 6.08 Å². The van der Waals surface area contributed by atoms with Crippen molar-refractivity contribution in [2.45, 2.75) is 0 Å². The number of carboxylic acid groups (broad SMARTS) is 1. The van der Waals surface area contributed by atoms with E-state index < -0.39 is 5.97 Å². The topological polar surface area (TPSA) is 91.9 Å². The number of aromatic carboxylic acids is 1. The Morgan fingerprint density at radius 2 is 2.05 bits per heavy atom. The number of amidine groups is 1. The highest BCUT2D eigenvalue weighted by atomic mass is 32.2. The van der Waals surface area contributed by atoms with Gasteiger partial charge in [0.1, 0.15) is 11.6 Å². The number of carbonyl (C=O) groups is 2. The minimum atomic E-state index is -0.998. The number of nitrogens with one attached hydrogen (secondary N) is 1. The summed E-state index contributed by atoms with van der Waals surface area (Å²) in [7, 11) is 0. The van der Waals surface area contributed by atoms with Gasteiger partial charge in [-0.1, -0.05) is 0 Å². The van der Waals surface area contributed by atoms with Crippen molar-refractivity contribution in [3.63, 3.8) is 0 Å². The maximum atomic E-state index is 11.5. The van der Waals surface area contributed by atoms with E-state index in [1.165, 1.54) is 12.1 Å². The van der Waals surface area contributed by atoms with Crippen molar-refractivity contribution < 1.29 is 19.1 Å². The maximum Gasteiger partial charge on any atom is 0.335 e. The first-order valence-electron chi connectivity index (χ1n) is 6.28. The average Bonchev–Trinajstić information content (AvgIpc) is 3.10. The summed E-state index contributed by atoms with van der Waals surface area (Å²) >= 11 is 1.03. The molecule has 0 aliphatic carbocycles. The molecule has 1 saturated heterocycles. The van der Waals surface area contributed by atoms with E-state index in [-0.39, 0.29) is 10.8 Å². The molecular formula is C15H10N2O4S. The molecule has 0 atom stereocenters. The number of carboxylic acids is 1. The van der Waals surface area contributed by atoms with Gasteiger partial charge in [0, 0.05) is 0 Å². The van der Waals surface area contributed by atoms with Gasteiger partial charge in [0.25, 0.3) is 5.24 Å². The molecular weight excluding hydrogens is 304 g/mol. The normalized spacial score (nSPS) is 17.9. The fourth-order valence-electron chi connectivity index (χ4n) is 1.82. The van der Waals surface area contributed by atoms with Crippen molar-refractivity contribution in [1.82, 2.24) is 5.32 Å². The van der Waals surface area contributed by atoms with Crippen molar-refractivity contribution in [1.29, 1.82) is 0 Å². The van der Waals surface area contributed by atoms with Gasteiger partial charge in [-0.3, -0.25) is 4.79 Å². The number of hydrogen-bond acceptors (Lipinski definition) is 5. The number of amides is 1. The fourth-order valence-corrected chi connectivity index (χ4v) is 2.54. The number of thioether (sulfide) groups is 1. The highest BCUT2D eigenvalue weighted by Crippen LogP contribution is 2.28. The molecule has 22 heavy (non-hydrogen) atoms. The molecule has 1 aromatic heterocycles. The highest BCUT2D eigenvalue weighted by Gasteiger charge is 2.23. The number of carbonyl (C=O) groups excluding carboxylic acids is 1. The lowest BCUT2D eigenvalue weighted by Gasteiger charge is -2.00. The SMILES string of the molecule is O=C1NC(=Nc2ccc(C(=O)O)cc2)/C(=C/c2ccco2)S1. The molecule has 0 saturated carbocycles. The highest BCUT2D eigenvalue weighted by molar-refractivity contribution is 8.18. The molecule has 2 N–H and O–H groups in total. The van der Waals surface area contributed by atoms with Crippen LogP contribution in [-0.2, 0) is 0 Å². The molecule has 6 nitrogen and oxygen atoms in total. The first-order valence-corrected chi connectivity index (χ1v) is 7.10. The van der Waals surface area contributed by atoms with Gasteiger partial charge in [0.05, 0.1) is 22.4 Å². The van der Waals surface area contributed by atoms with Crippen LogP contribution in [0.1, 0.15) is 16.1 Å². The predicted octanol–water partition coefficient (Wildman–Crippen LogP) is 3.51. The van der Waals surface area contributed by atoms with Gasteiger partial charge < -0.3 is 14.8 Å². The molecule has 1 amide bonds. The van der Waals surface area contributed by atoms with Crippen LogP contribution < -0.4 is 5.32 Å². The van der Waals surface area contributed by atoms with Crippen molar-refractivity contribution in [2.75, 3.05) is 0 Å². The molecule has 2 heterocycles. The van der Waals surface area contributed by atoms with Crippen LogP contribution in [0.3, 0.4) is 0 Å². The number of hydrogen-bond donors (Lipinski definition) is 2. The average molecular weight is 314 g/mol. The lowest BCUT2D eigenvalue weighted by Crippen LogP contribution is -2.18. The third-order valence-electron chi connectivity index (χ3n) is 2.83. The second kappa shape index (κ2) is 5.90. The summed E-state index contributed by atoms with van der Waals surface area (Å²) < 4.78 is 5.22. The van der Waals surface area contributed by atoms with Gasteiger partial charge in [-0.25, -0.2) is 9.79 Å². The molecule has 1 aliphatic rings. The van der Waals surface area contributed by atoms with Crippen LogP contribution >= 0.6 is 11.8 Å². The first-order chi connectivity index (χ1) is 10.6. The molecule has 1 aromatic carbocycles. The van der Waals surface area contributed by atoms with Gasteiger partial charge in [0.15, 0.2) is 0 Å². The summed E-state index contributed by atoms with van der Waals surface area (Å²) in [5.41, 5.74) is 0.730. The Morgan fingerprint density at radius 3 is 2.68 bits per heavy atom. The Balaban J connectivity index is 1.91. The molecule has 0 radical (unpaired) electrons. The largest absolute Gasteiger partial charge is 0.478 e. The smallest absolute Gasteiger partial charge is 0.335 e. The second-order valence-electron chi connectivity index (χ2n) is 4.35. The van der Waals surface area contributed by atoms with Gasteiger partial charge in [-0.05, 0) is 54.2 Å². The lowest BCUT2D eigenvalue weighted by atomic mass is 10.2. The Morgan fingerprint density at radius 1 is 1.27 bits per heavy atom. The van der Waals surface area contributed by atoms with E-state index in [4.69, 9.17) is 9.52 Å². The maximum absolute atomic E-state index is 11.5. The zero-order chi connectivity index (χ0) is 15.5. The Labute approximate surface area is 129 Å². The van der Waals surface area contributed by atoms with Crippen molar-refractivity contribution in [2.24, 2.45) is 4.99 Å². The Bertz CT molecular complexity index is 776.